The van der Waals surface area contributed by atoms with Crippen molar-refractivity contribution in [2.75, 3.05) is 26.4 Å². The number of amides is 1. The molecule has 0 radical (unpaired) electrons. The van der Waals surface area contributed by atoms with E-state index in [1.807, 2.05) is 6.92 Å². The number of carbonyl (C=O) groups excluding carboxylic acids is 2. The minimum absolute atomic E-state index is 0.218. The third-order valence-electron chi connectivity index (χ3n) is 3.68. The fourth-order valence-electron chi connectivity index (χ4n) is 2.31. The number of rotatable bonds is 9. The summed E-state index contributed by atoms with van der Waals surface area (Å²) in [6.45, 7) is 4.84. The molecule has 0 saturated heterocycles. The van der Waals surface area contributed by atoms with Crippen LogP contribution in [0.5, 0.6) is 5.75 Å². The molecule has 1 aromatic rings. The highest BCUT2D eigenvalue weighted by Crippen LogP contribution is 2.27. The summed E-state index contributed by atoms with van der Waals surface area (Å²) in [6, 6.07) is 4.69. The number of nitrogens with zero attached hydrogens (tertiary/aromatic N) is 1. The maximum Gasteiger partial charge on any atom is 0.338 e. The lowest BCUT2D eigenvalue weighted by atomic mass is 10.2. The van der Waals surface area contributed by atoms with Crippen LogP contribution in [0.15, 0.2) is 30.5 Å². The summed E-state index contributed by atoms with van der Waals surface area (Å²) < 4.78 is 16.0. The van der Waals surface area contributed by atoms with Crippen molar-refractivity contribution in [2.24, 2.45) is 0 Å². The molecule has 0 spiro atoms. The average molecular weight is 417 g/mol. The van der Waals surface area contributed by atoms with Crippen LogP contribution in [0.4, 0.5) is 0 Å². The molecule has 1 unspecified atom stereocenters. The van der Waals surface area contributed by atoms with E-state index in [2.05, 4.69) is 5.43 Å². The molecule has 1 aliphatic rings. The highest BCUT2D eigenvalue weighted by Gasteiger charge is 2.40. The number of likely N-dealkylation sites (N-methyl/N-ethyl adjacent to an activating group) is 1. The summed E-state index contributed by atoms with van der Waals surface area (Å²) in [5.74, 6) is -0.361. The lowest BCUT2D eigenvalue weighted by Gasteiger charge is -2.33. The van der Waals surface area contributed by atoms with Gasteiger partial charge < -0.3 is 19.6 Å². The molecule has 2 rings (SSSR count). The summed E-state index contributed by atoms with van der Waals surface area (Å²) in [7, 11) is 0. The van der Waals surface area contributed by atoms with Crippen LogP contribution in [0.25, 0.3) is 0 Å². The number of halogens is 2. The van der Waals surface area contributed by atoms with Crippen molar-refractivity contribution >= 4 is 35.1 Å². The van der Waals surface area contributed by atoms with Gasteiger partial charge in [0, 0.05) is 19.2 Å². The van der Waals surface area contributed by atoms with E-state index in [-0.39, 0.29) is 12.5 Å². The Hall–Kier alpha value is -1.96. The maximum absolute atomic E-state index is 12.2. The van der Waals surface area contributed by atoms with Gasteiger partial charge in [-0.05, 0) is 38.1 Å². The molecule has 9 heteroatoms. The van der Waals surface area contributed by atoms with E-state index in [9.17, 15) is 9.59 Å². The molecule has 1 atom stereocenters. The van der Waals surface area contributed by atoms with E-state index in [0.29, 0.717) is 42.5 Å². The number of benzene rings is 1. The summed E-state index contributed by atoms with van der Waals surface area (Å²) in [5, 5.41) is 0.166. The molecule has 0 aliphatic carbocycles. The summed E-state index contributed by atoms with van der Waals surface area (Å²) in [4.78, 5) is 23.9. The number of hydrogen-bond donors (Lipinski definition) is 1. The van der Waals surface area contributed by atoms with Crippen LogP contribution in [0.3, 0.4) is 0 Å². The van der Waals surface area contributed by atoms with Crippen molar-refractivity contribution < 1.29 is 23.8 Å². The van der Waals surface area contributed by atoms with Crippen molar-refractivity contribution in [3.05, 3.63) is 41.1 Å². The van der Waals surface area contributed by atoms with Gasteiger partial charge in [-0.1, -0.05) is 23.2 Å². The van der Waals surface area contributed by atoms with Crippen molar-refractivity contribution in [3.8, 4) is 5.75 Å². The second-order valence-electron chi connectivity index (χ2n) is 5.57. The fraction of sp³-hybridized carbons (Fsp3) is 0.444. The molecule has 1 amide bonds. The zero-order valence-corrected chi connectivity index (χ0v) is 16.7. The third kappa shape index (κ3) is 5.51. The molecule has 27 heavy (non-hydrogen) atoms. The maximum atomic E-state index is 12.2. The van der Waals surface area contributed by atoms with Gasteiger partial charge in [-0.15, -0.1) is 0 Å². The summed E-state index contributed by atoms with van der Waals surface area (Å²) >= 11 is 12.4. The molecule has 0 saturated carbocycles. The molecule has 0 aromatic heterocycles. The lowest BCUT2D eigenvalue weighted by molar-refractivity contribution is -0.148. The minimum atomic E-state index is -1.51. The molecule has 1 heterocycles. The molecule has 1 N–H and O–H groups in total. The first-order valence-corrected chi connectivity index (χ1v) is 9.35. The van der Waals surface area contributed by atoms with Gasteiger partial charge in [-0.2, -0.15) is 0 Å². The van der Waals surface area contributed by atoms with Crippen LogP contribution in [0, 0.1) is 0 Å². The Bertz CT molecular complexity index is 713. The van der Waals surface area contributed by atoms with Gasteiger partial charge in [0.1, 0.15) is 5.75 Å². The quantitative estimate of drug-likeness (QED) is 0.378. The predicted octanol–water partition coefficient (Wildman–Crippen LogP) is 3.12. The number of esters is 1. The number of hydrazine groups is 1. The molecule has 7 nitrogen and oxygen atoms in total. The van der Waals surface area contributed by atoms with Gasteiger partial charge in [0.15, 0.2) is 0 Å². The Balaban J connectivity index is 1.80. The minimum Gasteiger partial charge on any atom is -0.492 e. The van der Waals surface area contributed by atoms with Crippen LogP contribution in [0.2, 0.25) is 5.02 Å². The fourth-order valence-corrected chi connectivity index (χ4v) is 2.79. The van der Waals surface area contributed by atoms with Crippen LogP contribution >= 0.6 is 23.2 Å². The van der Waals surface area contributed by atoms with Gasteiger partial charge >= 0.3 is 5.97 Å². The first-order valence-electron chi connectivity index (χ1n) is 8.59. The van der Waals surface area contributed by atoms with E-state index in [0.717, 1.165) is 0 Å². The van der Waals surface area contributed by atoms with Gasteiger partial charge in [0.2, 0.25) is 5.06 Å². The van der Waals surface area contributed by atoms with E-state index in [4.69, 9.17) is 37.4 Å². The number of ether oxygens (including phenoxy) is 3. The Morgan fingerprint density at radius 3 is 2.74 bits per heavy atom. The second-order valence-corrected chi connectivity index (χ2v) is 6.54. The first kappa shape index (κ1) is 21.3. The first-order chi connectivity index (χ1) is 12.9. The lowest BCUT2D eigenvalue weighted by Crippen LogP contribution is -2.53. The number of nitrogens with one attached hydrogen (secondary N) is 1. The Morgan fingerprint density at radius 2 is 2.07 bits per heavy atom. The van der Waals surface area contributed by atoms with E-state index >= 15 is 0 Å². The topological polar surface area (TPSA) is 77.1 Å². The van der Waals surface area contributed by atoms with Crippen LogP contribution in [-0.4, -0.2) is 48.3 Å². The smallest absolute Gasteiger partial charge is 0.338 e. The summed E-state index contributed by atoms with van der Waals surface area (Å²) in [5.41, 5.74) is 3.15. The van der Waals surface area contributed by atoms with E-state index in [1.54, 1.807) is 25.3 Å². The van der Waals surface area contributed by atoms with Crippen molar-refractivity contribution in [1.82, 2.24) is 10.4 Å². The Morgan fingerprint density at radius 1 is 1.30 bits per heavy atom. The zero-order chi connectivity index (χ0) is 19.9. The number of hydrogen-bond acceptors (Lipinski definition) is 6. The number of carbonyl (C=O) groups is 2. The standard InChI is InChI=1S/C18H22Cl2N2O5/c1-3-22-17(24)18(20,8-9-21-22)27-11-5-10-26-15-7-6-13(12-14(15)19)16(23)25-4-2/h6-9,12,21H,3-5,10-11H2,1-2H3. The molecule has 1 aromatic carbocycles. The summed E-state index contributed by atoms with van der Waals surface area (Å²) in [6.07, 6.45) is 3.53. The van der Waals surface area contributed by atoms with E-state index in [1.165, 1.54) is 17.2 Å². The highest BCUT2D eigenvalue weighted by atomic mass is 35.5. The largest absolute Gasteiger partial charge is 0.492 e. The normalized spacial score (nSPS) is 19.0. The molecule has 1 aliphatic heterocycles. The van der Waals surface area contributed by atoms with Crippen molar-refractivity contribution in [3.63, 3.8) is 0 Å². The molecule has 0 fully saturated rings. The zero-order valence-electron chi connectivity index (χ0n) is 15.2. The van der Waals surface area contributed by atoms with Gasteiger partial charge in [-0.25, -0.2) is 4.79 Å². The highest BCUT2D eigenvalue weighted by molar-refractivity contribution is 6.35. The predicted molar refractivity (Wildman–Crippen MR) is 102 cm³/mol. The van der Waals surface area contributed by atoms with Gasteiger partial charge in [-0.3, -0.25) is 9.80 Å². The van der Waals surface area contributed by atoms with Crippen molar-refractivity contribution in [2.45, 2.75) is 25.3 Å². The monoisotopic (exact) mass is 416 g/mol. The van der Waals surface area contributed by atoms with Gasteiger partial charge in [0.25, 0.3) is 5.91 Å². The van der Waals surface area contributed by atoms with Crippen LogP contribution in [-0.2, 0) is 14.3 Å². The SMILES string of the molecule is CCOC(=O)c1ccc(OCCCOC2(Cl)C=CNN(CC)C2=O)c(Cl)c1. The number of alkyl halides is 1. The molecule has 0 bridgehead atoms. The van der Waals surface area contributed by atoms with Crippen LogP contribution in [0.1, 0.15) is 30.6 Å². The van der Waals surface area contributed by atoms with Gasteiger partial charge in [0.05, 0.1) is 30.4 Å². The van der Waals surface area contributed by atoms with Crippen molar-refractivity contribution in [1.29, 1.82) is 0 Å². The van der Waals surface area contributed by atoms with Crippen LogP contribution < -0.4 is 10.2 Å². The molecular weight excluding hydrogens is 395 g/mol. The average Bonchev–Trinajstić information content (AvgIpc) is 2.65. The third-order valence-corrected chi connectivity index (χ3v) is 4.37. The van der Waals surface area contributed by atoms with E-state index < -0.39 is 11.0 Å². The molecule has 148 valence electrons. The Kier molecular flexibility index (Phi) is 7.77. The second kappa shape index (κ2) is 9.82. The molecular formula is C18H22Cl2N2O5. The Labute approximate surface area is 168 Å².